The number of methoxy groups -OCH3 is 1. The molecule has 0 aliphatic heterocycles. The minimum absolute atomic E-state index is 0.0536. The normalized spacial score (nSPS) is 12.5. The van der Waals surface area contributed by atoms with E-state index in [9.17, 15) is 5.11 Å². The zero-order chi connectivity index (χ0) is 20.1. The third kappa shape index (κ3) is 4.50. The van der Waals surface area contributed by atoms with Crippen LogP contribution >= 0.6 is 0 Å². The summed E-state index contributed by atoms with van der Waals surface area (Å²) in [5.74, 6) is 2.26. The molecule has 0 radical (unpaired) electrons. The van der Waals surface area contributed by atoms with Gasteiger partial charge in [-0.25, -0.2) is 4.98 Å². The molecule has 4 aromatic rings. The number of aromatic nitrogens is 1. The number of para-hydroxylation sites is 2. The summed E-state index contributed by atoms with van der Waals surface area (Å²) in [6.45, 7) is 1.19. The van der Waals surface area contributed by atoms with Gasteiger partial charge in [-0.2, -0.15) is 0 Å². The van der Waals surface area contributed by atoms with Gasteiger partial charge in [0.05, 0.1) is 26.0 Å². The third-order valence-corrected chi connectivity index (χ3v) is 4.94. The van der Waals surface area contributed by atoms with Gasteiger partial charge in [0.2, 0.25) is 5.89 Å². The van der Waals surface area contributed by atoms with E-state index in [2.05, 4.69) is 9.88 Å². The van der Waals surface area contributed by atoms with E-state index in [0.717, 1.165) is 28.2 Å². The molecule has 6 heteroatoms. The number of oxazole rings is 1. The molecule has 2 aromatic heterocycles. The predicted molar refractivity (Wildman–Crippen MR) is 109 cm³/mol. The fourth-order valence-electron chi connectivity index (χ4n) is 3.51. The van der Waals surface area contributed by atoms with Crippen molar-refractivity contribution in [3.8, 4) is 5.75 Å². The summed E-state index contributed by atoms with van der Waals surface area (Å²) in [5.41, 5.74) is 2.73. The van der Waals surface area contributed by atoms with E-state index in [1.807, 2.05) is 60.7 Å². The molecule has 4 rings (SSSR count). The Bertz CT molecular complexity index is 992. The quantitative estimate of drug-likeness (QED) is 0.450. The molecule has 0 fully saturated rings. The Kier molecular flexibility index (Phi) is 5.93. The first-order valence-corrected chi connectivity index (χ1v) is 9.62. The smallest absolute Gasteiger partial charge is 0.209 e. The van der Waals surface area contributed by atoms with Crippen molar-refractivity contribution in [2.24, 2.45) is 0 Å². The number of fused-ring (bicyclic) bond motifs is 1. The van der Waals surface area contributed by atoms with Crippen LogP contribution in [0.2, 0.25) is 0 Å². The number of nitrogens with zero attached hydrogens (tertiary/aromatic N) is 2. The van der Waals surface area contributed by atoms with Gasteiger partial charge in [0.25, 0.3) is 0 Å². The van der Waals surface area contributed by atoms with E-state index in [1.54, 1.807) is 13.4 Å². The standard InChI is InChI=1S/C23H24N2O4/c1-27-18-10-8-17(9-11-18)15-25(20(12-13-26)22-7-4-14-28-22)16-23-24-19-5-2-3-6-21(19)29-23/h2-11,14,20,26H,12-13,15-16H2,1H3/t20-/m0/s1. The van der Waals surface area contributed by atoms with Crippen LogP contribution in [0.25, 0.3) is 11.1 Å². The van der Waals surface area contributed by atoms with Gasteiger partial charge in [-0.05, 0) is 48.4 Å². The van der Waals surface area contributed by atoms with E-state index in [0.29, 0.717) is 25.4 Å². The number of hydrogen-bond acceptors (Lipinski definition) is 6. The summed E-state index contributed by atoms with van der Waals surface area (Å²) in [4.78, 5) is 6.83. The molecule has 1 N–H and O–H groups in total. The molecule has 0 unspecified atom stereocenters. The molecule has 150 valence electrons. The summed E-state index contributed by atoms with van der Waals surface area (Å²) >= 11 is 0. The molecule has 0 saturated heterocycles. The van der Waals surface area contributed by atoms with Crippen LogP contribution in [0.15, 0.2) is 75.8 Å². The van der Waals surface area contributed by atoms with Crippen molar-refractivity contribution in [2.75, 3.05) is 13.7 Å². The van der Waals surface area contributed by atoms with Gasteiger partial charge in [-0.3, -0.25) is 4.90 Å². The monoisotopic (exact) mass is 392 g/mol. The highest BCUT2D eigenvalue weighted by molar-refractivity contribution is 5.72. The van der Waals surface area contributed by atoms with Crippen molar-refractivity contribution in [2.45, 2.75) is 25.6 Å². The Hall–Kier alpha value is -3.09. The zero-order valence-corrected chi connectivity index (χ0v) is 16.3. The first-order valence-electron chi connectivity index (χ1n) is 9.62. The lowest BCUT2D eigenvalue weighted by molar-refractivity contribution is 0.115. The number of aliphatic hydroxyl groups is 1. The number of rotatable bonds is 9. The number of hydrogen-bond donors (Lipinski definition) is 1. The van der Waals surface area contributed by atoms with Crippen molar-refractivity contribution in [3.05, 3.63) is 84.1 Å². The van der Waals surface area contributed by atoms with Crippen molar-refractivity contribution in [1.82, 2.24) is 9.88 Å². The average Bonchev–Trinajstić information content (AvgIpc) is 3.41. The Morgan fingerprint density at radius 3 is 2.55 bits per heavy atom. The Morgan fingerprint density at radius 2 is 1.86 bits per heavy atom. The summed E-state index contributed by atoms with van der Waals surface area (Å²) < 4.78 is 16.9. The lowest BCUT2D eigenvalue weighted by Gasteiger charge is -2.29. The second kappa shape index (κ2) is 8.94. The summed E-state index contributed by atoms with van der Waals surface area (Å²) in [6.07, 6.45) is 2.20. The molecule has 0 aliphatic rings. The largest absolute Gasteiger partial charge is 0.497 e. The number of ether oxygens (including phenoxy) is 1. The lowest BCUT2D eigenvalue weighted by Crippen LogP contribution is -2.29. The van der Waals surface area contributed by atoms with E-state index in [4.69, 9.17) is 13.6 Å². The molecule has 0 amide bonds. The molecule has 0 bridgehead atoms. The lowest BCUT2D eigenvalue weighted by atomic mass is 10.1. The van der Waals surface area contributed by atoms with Crippen LogP contribution in [0.5, 0.6) is 5.75 Å². The topological polar surface area (TPSA) is 71.9 Å². The zero-order valence-electron chi connectivity index (χ0n) is 16.3. The highest BCUT2D eigenvalue weighted by Gasteiger charge is 2.25. The van der Waals surface area contributed by atoms with Crippen LogP contribution < -0.4 is 4.74 Å². The van der Waals surface area contributed by atoms with Gasteiger partial charge in [-0.1, -0.05) is 24.3 Å². The molecular formula is C23H24N2O4. The molecule has 0 saturated carbocycles. The van der Waals surface area contributed by atoms with E-state index < -0.39 is 0 Å². The highest BCUT2D eigenvalue weighted by atomic mass is 16.5. The fraction of sp³-hybridized carbons (Fsp3) is 0.261. The van der Waals surface area contributed by atoms with Gasteiger partial charge >= 0.3 is 0 Å². The second-order valence-electron chi connectivity index (χ2n) is 6.87. The maximum atomic E-state index is 9.68. The molecule has 1 atom stereocenters. The van der Waals surface area contributed by atoms with Crippen LogP contribution in [0.3, 0.4) is 0 Å². The van der Waals surface area contributed by atoms with Crippen LogP contribution in [0.4, 0.5) is 0 Å². The van der Waals surface area contributed by atoms with E-state index >= 15 is 0 Å². The van der Waals surface area contributed by atoms with Gasteiger partial charge < -0.3 is 18.7 Å². The summed E-state index contributed by atoms with van der Waals surface area (Å²) in [7, 11) is 1.66. The Labute approximate surface area is 169 Å². The SMILES string of the molecule is COc1ccc(CN(Cc2nc3ccccc3o2)[C@@H](CCO)c2ccco2)cc1. The van der Waals surface area contributed by atoms with Gasteiger partial charge in [0.1, 0.15) is 17.0 Å². The first-order chi connectivity index (χ1) is 14.3. The van der Waals surface area contributed by atoms with Gasteiger partial charge in [-0.15, -0.1) is 0 Å². The maximum Gasteiger partial charge on any atom is 0.209 e. The number of aliphatic hydroxyl groups excluding tert-OH is 1. The molecular weight excluding hydrogens is 368 g/mol. The molecule has 6 nitrogen and oxygen atoms in total. The van der Waals surface area contributed by atoms with Crippen LogP contribution in [-0.2, 0) is 13.1 Å². The summed E-state index contributed by atoms with van der Waals surface area (Å²) in [6, 6.07) is 19.4. The molecule has 2 heterocycles. The average molecular weight is 392 g/mol. The minimum atomic E-state index is -0.105. The van der Waals surface area contributed by atoms with Crippen LogP contribution in [0.1, 0.15) is 29.7 Å². The molecule has 2 aromatic carbocycles. The van der Waals surface area contributed by atoms with E-state index in [-0.39, 0.29) is 12.6 Å². The van der Waals surface area contributed by atoms with Gasteiger partial charge in [0.15, 0.2) is 5.58 Å². The molecule has 0 spiro atoms. The van der Waals surface area contributed by atoms with Crippen molar-refractivity contribution in [1.29, 1.82) is 0 Å². The number of furan rings is 1. The third-order valence-electron chi connectivity index (χ3n) is 4.94. The van der Waals surface area contributed by atoms with Crippen molar-refractivity contribution < 1.29 is 18.7 Å². The predicted octanol–water partition coefficient (Wildman–Crippen LogP) is 4.56. The van der Waals surface area contributed by atoms with Crippen molar-refractivity contribution in [3.63, 3.8) is 0 Å². The maximum absolute atomic E-state index is 9.68. The van der Waals surface area contributed by atoms with Gasteiger partial charge in [0, 0.05) is 13.2 Å². The summed E-state index contributed by atoms with van der Waals surface area (Å²) in [5, 5.41) is 9.68. The number of benzene rings is 2. The Morgan fingerprint density at radius 1 is 1.03 bits per heavy atom. The van der Waals surface area contributed by atoms with E-state index in [1.165, 1.54) is 0 Å². The Balaban J connectivity index is 1.64. The second-order valence-corrected chi connectivity index (χ2v) is 6.87. The molecule has 29 heavy (non-hydrogen) atoms. The van der Waals surface area contributed by atoms with Crippen molar-refractivity contribution >= 4 is 11.1 Å². The highest BCUT2D eigenvalue weighted by Crippen LogP contribution is 2.29. The first kappa shape index (κ1) is 19.2. The van der Waals surface area contributed by atoms with Crippen LogP contribution in [-0.4, -0.2) is 28.7 Å². The minimum Gasteiger partial charge on any atom is -0.497 e. The van der Waals surface area contributed by atoms with Crippen LogP contribution in [0, 0.1) is 0 Å². The molecule has 0 aliphatic carbocycles. The fourth-order valence-corrected chi connectivity index (χ4v) is 3.51.